The minimum Gasteiger partial charge on any atom is -0.480 e. The van der Waals surface area contributed by atoms with E-state index < -0.39 is 12.0 Å². The number of benzene rings is 1. The lowest BCUT2D eigenvalue weighted by atomic mass is 9.99. The van der Waals surface area contributed by atoms with E-state index in [0.29, 0.717) is 18.0 Å². The van der Waals surface area contributed by atoms with Crippen LogP contribution in [0.3, 0.4) is 0 Å². The quantitative estimate of drug-likeness (QED) is 0.926. The van der Waals surface area contributed by atoms with E-state index in [0.717, 1.165) is 12.0 Å². The molecule has 0 saturated carbocycles. The van der Waals surface area contributed by atoms with Crippen LogP contribution < -0.4 is 0 Å². The van der Waals surface area contributed by atoms with Crippen molar-refractivity contribution in [3.05, 3.63) is 34.9 Å². The van der Waals surface area contributed by atoms with Gasteiger partial charge in [-0.15, -0.1) is 0 Å². The van der Waals surface area contributed by atoms with Crippen LogP contribution in [0.15, 0.2) is 24.3 Å². The number of carboxylic acid groups (broad SMARTS) is 1. The molecule has 1 saturated heterocycles. The standard InChI is InChI=1S/C14H16ClNO3/c1-9(10-4-2-5-11(15)8-10)13(17)16-7-3-6-12(16)14(18)19/h2,4-5,8-9,12H,3,6-7H2,1H3,(H,18,19)/t9-,12+/m1/s1. The van der Waals surface area contributed by atoms with Gasteiger partial charge in [-0.2, -0.15) is 0 Å². The van der Waals surface area contributed by atoms with Crippen molar-refractivity contribution >= 4 is 23.5 Å². The average Bonchev–Trinajstić information content (AvgIpc) is 2.86. The summed E-state index contributed by atoms with van der Waals surface area (Å²) in [5, 5.41) is 9.69. The lowest BCUT2D eigenvalue weighted by Gasteiger charge is -2.25. The zero-order chi connectivity index (χ0) is 14.0. The lowest BCUT2D eigenvalue weighted by molar-refractivity contribution is -0.148. The SMILES string of the molecule is C[C@@H](C(=O)N1CCC[C@H]1C(=O)O)c1cccc(Cl)c1. The van der Waals surface area contributed by atoms with Crippen LogP contribution in [0.5, 0.6) is 0 Å². The van der Waals surface area contributed by atoms with E-state index in [-0.39, 0.29) is 11.8 Å². The molecule has 1 aromatic rings. The highest BCUT2D eigenvalue weighted by atomic mass is 35.5. The van der Waals surface area contributed by atoms with Crippen molar-refractivity contribution in [1.29, 1.82) is 0 Å². The number of nitrogens with zero attached hydrogens (tertiary/aromatic N) is 1. The van der Waals surface area contributed by atoms with Gasteiger partial charge in [0.2, 0.25) is 5.91 Å². The molecule has 0 aliphatic carbocycles. The molecular weight excluding hydrogens is 266 g/mol. The minimum absolute atomic E-state index is 0.146. The first-order chi connectivity index (χ1) is 9.00. The van der Waals surface area contributed by atoms with Gasteiger partial charge in [-0.05, 0) is 37.5 Å². The summed E-state index contributed by atoms with van der Waals surface area (Å²) in [6.45, 7) is 2.30. The number of hydrogen-bond acceptors (Lipinski definition) is 2. The summed E-state index contributed by atoms with van der Waals surface area (Å²) in [6.07, 6.45) is 1.27. The zero-order valence-corrected chi connectivity index (χ0v) is 11.4. The van der Waals surface area contributed by atoms with Gasteiger partial charge in [0.15, 0.2) is 0 Å². The third kappa shape index (κ3) is 2.89. The molecule has 1 aliphatic heterocycles. The molecule has 19 heavy (non-hydrogen) atoms. The van der Waals surface area contributed by atoms with Crippen molar-refractivity contribution in [3.63, 3.8) is 0 Å². The summed E-state index contributed by atoms with van der Waals surface area (Å²) in [5.41, 5.74) is 0.813. The number of amides is 1. The van der Waals surface area contributed by atoms with Gasteiger partial charge in [-0.3, -0.25) is 4.79 Å². The Balaban J connectivity index is 2.17. The van der Waals surface area contributed by atoms with Gasteiger partial charge in [-0.1, -0.05) is 23.7 Å². The summed E-state index contributed by atoms with van der Waals surface area (Å²) in [5.74, 6) is -1.45. The first-order valence-electron chi connectivity index (χ1n) is 6.29. The van der Waals surface area contributed by atoms with Crippen LogP contribution in [0.1, 0.15) is 31.2 Å². The highest BCUT2D eigenvalue weighted by Gasteiger charge is 2.36. The monoisotopic (exact) mass is 281 g/mol. The molecule has 0 aromatic heterocycles. The molecular formula is C14H16ClNO3. The number of carbonyl (C=O) groups is 2. The maximum atomic E-state index is 12.4. The fraction of sp³-hybridized carbons (Fsp3) is 0.429. The van der Waals surface area contributed by atoms with Gasteiger partial charge >= 0.3 is 5.97 Å². The molecule has 1 aliphatic rings. The highest BCUT2D eigenvalue weighted by Crippen LogP contribution is 2.26. The summed E-state index contributed by atoms with van der Waals surface area (Å²) in [6, 6.07) is 6.43. The summed E-state index contributed by atoms with van der Waals surface area (Å²) in [4.78, 5) is 25.0. The molecule has 1 aromatic carbocycles. The van der Waals surface area contributed by atoms with Gasteiger partial charge in [0.1, 0.15) is 6.04 Å². The molecule has 0 bridgehead atoms. The number of rotatable bonds is 3. The molecule has 102 valence electrons. The normalized spacial score (nSPS) is 20.3. The predicted octanol–water partition coefficient (Wildman–Crippen LogP) is 2.52. The second-order valence-corrected chi connectivity index (χ2v) is 5.24. The summed E-state index contributed by atoms with van der Waals surface area (Å²) >= 11 is 5.91. The molecule has 2 rings (SSSR count). The summed E-state index contributed by atoms with van der Waals surface area (Å²) in [7, 11) is 0. The molecule has 1 fully saturated rings. The van der Waals surface area contributed by atoms with E-state index in [1.165, 1.54) is 4.90 Å². The first kappa shape index (κ1) is 13.9. The Morgan fingerprint density at radius 1 is 1.47 bits per heavy atom. The van der Waals surface area contributed by atoms with Crippen LogP contribution in [0.4, 0.5) is 0 Å². The van der Waals surface area contributed by atoms with Crippen molar-refractivity contribution in [3.8, 4) is 0 Å². The number of halogens is 1. The van der Waals surface area contributed by atoms with Gasteiger partial charge in [-0.25, -0.2) is 4.79 Å². The second kappa shape index (κ2) is 5.61. The minimum atomic E-state index is -0.927. The fourth-order valence-electron chi connectivity index (χ4n) is 2.45. The number of carbonyl (C=O) groups excluding carboxylic acids is 1. The Morgan fingerprint density at radius 2 is 2.21 bits per heavy atom. The average molecular weight is 282 g/mol. The van der Waals surface area contributed by atoms with Crippen molar-refractivity contribution in [2.45, 2.75) is 31.7 Å². The third-order valence-corrected chi connectivity index (χ3v) is 3.78. The Labute approximate surface area is 117 Å². The number of aliphatic carboxylic acids is 1. The van der Waals surface area contributed by atoms with Crippen LogP contribution in [-0.2, 0) is 9.59 Å². The van der Waals surface area contributed by atoms with Gasteiger partial charge in [0, 0.05) is 11.6 Å². The first-order valence-corrected chi connectivity index (χ1v) is 6.67. The van der Waals surface area contributed by atoms with Crippen molar-refractivity contribution < 1.29 is 14.7 Å². The summed E-state index contributed by atoms with van der Waals surface area (Å²) < 4.78 is 0. The Kier molecular flexibility index (Phi) is 4.10. The van der Waals surface area contributed by atoms with E-state index in [2.05, 4.69) is 0 Å². The smallest absolute Gasteiger partial charge is 0.326 e. The highest BCUT2D eigenvalue weighted by molar-refractivity contribution is 6.30. The molecule has 4 nitrogen and oxygen atoms in total. The Morgan fingerprint density at radius 3 is 2.84 bits per heavy atom. The van der Waals surface area contributed by atoms with E-state index in [1.54, 1.807) is 25.1 Å². The van der Waals surface area contributed by atoms with Gasteiger partial charge in [0.05, 0.1) is 5.92 Å². The lowest BCUT2D eigenvalue weighted by Crippen LogP contribution is -2.42. The Bertz CT molecular complexity index is 503. The number of carboxylic acids is 1. The molecule has 5 heteroatoms. The van der Waals surface area contributed by atoms with Crippen LogP contribution >= 0.6 is 11.6 Å². The van der Waals surface area contributed by atoms with Crippen LogP contribution in [0.25, 0.3) is 0 Å². The maximum Gasteiger partial charge on any atom is 0.326 e. The molecule has 0 unspecified atom stereocenters. The van der Waals surface area contributed by atoms with Gasteiger partial charge < -0.3 is 10.0 Å². The largest absolute Gasteiger partial charge is 0.480 e. The van der Waals surface area contributed by atoms with Crippen LogP contribution in [0.2, 0.25) is 5.02 Å². The van der Waals surface area contributed by atoms with E-state index in [4.69, 9.17) is 16.7 Å². The Hall–Kier alpha value is -1.55. The van der Waals surface area contributed by atoms with Crippen LogP contribution in [0, 0.1) is 0 Å². The molecule has 2 atom stereocenters. The van der Waals surface area contributed by atoms with Crippen molar-refractivity contribution in [2.24, 2.45) is 0 Å². The predicted molar refractivity (Wildman–Crippen MR) is 72.2 cm³/mol. The molecule has 1 N–H and O–H groups in total. The van der Waals surface area contributed by atoms with Crippen molar-refractivity contribution in [2.75, 3.05) is 6.54 Å². The molecule has 0 spiro atoms. The van der Waals surface area contributed by atoms with E-state index in [1.807, 2.05) is 6.07 Å². The van der Waals surface area contributed by atoms with Crippen molar-refractivity contribution in [1.82, 2.24) is 4.90 Å². The zero-order valence-electron chi connectivity index (χ0n) is 10.7. The topological polar surface area (TPSA) is 57.6 Å². The molecule has 1 heterocycles. The maximum absolute atomic E-state index is 12.4. The van der Waals surface area contributed by atoms with Gasteiger partial charge in [0.25, 0.3) is 0 Å². The molecule has 0 radical (unpaired) electrons. The number of likely N-dealkylation sites (tertiary alicyclic amines) is 1. The second-order valence-electron chi connectivity index (χ2n) is 4.80. The van der Waals surface area contributed by atoms with Crippen LogP contribution in [-0.4, -0.2) is 34.5 Å². The van der Waals surface area contributed by atoms with E-state index >= 15 is 0 Å². The fourth-order valence-corrected chi connectivity index (χ4v) is 2.65. The molecule has 1 amide bonds. The van der Waals surface area contributed by atoms with E-state index in [9.17, 15) is 9.59 Å². The number of hydrogen-bond donors (Lipinski definition) is 1. The third-order valence-electron chi connectivity index (χ3n) is 3.54.